The van der Waals surface area contributed by atoms with Crippen LogP contribution in [-0.2, 0) is 4.79 Å². The Morgan fingerprint density at radius 2 is 1.85 bits per heavy atom. The zero-order chi connectivity index (χ0) is 18.1. The number of carbonyl (C=O) groups is 2. The Morgan fingerprint density at radius 1 is 1.15 bits per heavy atom. The van der Waals surface area contributed by atoms with Crippen molar-refractivity contribution in [2.24, 2.45) is 0 Å². The van der Waals surface area contributed by atoms with Crippen molar-refractivity contribution in [3.8, 4) is 11.4 Å². The van der Waals surface area contributed by atoms with Crippen LogP contribution in [0.15, 0.2) is 30.3 Å². The van der Waals surface area contributed by atoms with Crippen molar-refractivity contribution in [3.05, 3.63) is 41.7 Å². The monoisotopic (exact) mass is 354 g/mol. The molecule has 4 rings (SSSR count). The van der Waals surface area contributed by atoms with Crippen LogP contribution in [0.5, 0.6) is 5.75 Å². The zero-order valence-electron chi connectivity index (χ0n) is 14.8. The van der Waals surface area contributed by atoms with Crippen molar-refractivity contribution in [2.75, 3.05) is 33.3 Å². The minimum Gasteiger partial charge on any atom is -0.497 e. The lowest BCUT2D eigenvalue weighted by Gasteiger charge is -2.32. The van der Waals surface area contributed by atoms with Gasteiger partial charge in [-0.15, -0.1) is 0 Å². The largest absolute Gasteiger partial charge is 0.497 e. The Balaban J connectivity index is 1.59. The molecule has 0 bridgehead atoms. The van der Waals surface area contributed by atoms with Crippen LogP contribution in [-0.4, -0.2) is 65.2 Å². The lowest BCUT2D eigenvalue weighted by molar-refractivity contribution is -0.119. The van der Waals surface area contributed by atoms with Crippen LogP contribution in [0.25, 0.3) is 5.69 Å². The van der Waals surface area contributed by atoms with Gasteiger partial charge in [0.1, 0.15) is 5.75 Å². The standard InChI is InChI=1S/C19H22N4O3/c1-26-16-6-4-15(5-7-16)23-18(14-2-3-14)12-17(20-23)19(25)22-10-8-21(13-24)9-11-22/h4-7,12-14H,2-3,8-11H2,1H3. The molecule has 1 saturated heterocycles. The van der Waals surface area contributed by atoms with Crippen molar-refractivity contribution in [2.45, 2.75) is 18.8 Å². The quantitative estimate of drug-likeness (QED) is 0.766. The summed E-state index contributed by atoms with van der Waals surface area (Å²) in [6, 6.07) is 9.63. The molecule has 1 saturated carbocycles. The Morgan fingerprint density at radius 3 is 2.42 bits per heavy atom. The fourth-order valence-electron chi connectivity index (χ4n) is 3.29. The summed E-state index contributed by atoms with van der Waals surface area (Å²) in [7, 11) is 1.64. The van der Waals surface area contributed by atoms with Gasteiger partial charge in [0, 0.05) is 37.8 Å². The van der Waals surface area contributed by atoms with Gasteiger partial charge in [0.2, 0.25) is 6.41 Å². The number of hydrogen-bond acceptors (Lipinski definition) is 4. The van der Waals surface area contributed by atoms with Gasteiger partial charge in [0.25, 0.3) is 5.91 Å². The van der Waals surface area contributed by atoms with Gasteiger partial charge in [-0.1, -0.05) is 0 Å². The minimum absolute atomic E-state index is 0.0651. The number of ether oxygens (including phenoxy) is 1. The van der Waals surface area contributed by atoms with E-state index in [0.717, 1.165) is 36.4 Å². The van der Waals surface area contributed by atoms with E-state index in [4.69, 9.17) is 4.74 Å². The molecule has 1 aromatic heterocycles. The number of hydrogen-bond donors (Lipinski definition) is 0. The first-order chi connectivity index (χ1) is 12.7. The second kappa shape index (κ2) is 6.82. The molecule has 1 aliphatic carbocycles. The third-order valence-electron chi connectivity index (χ3n) is 5.02. The topological polar surface area (TPSA) is 67.7 Å². The Kier molecular flexibility index (Phi) is 4.36. The second-order valence-electron chi connectivity index (χ2n) is 6.77. The van der Waals surface area contributed by atoms with Crippen LogP contribution in [0.4, 0.5) is 0 Å². The highest BCUT2D eigenvalue weighted by Crippen LogP contribution is 2.41. The first kappa shape index (κ1) is 16.6. The number of methoxy groups -OCH3 is 1. The summed E-state index contributed by atoms with van der Waals surface area (Å²) >= 11 is 0. The summed E-state index contributed by atoms with van der Waals surface area (Å²) in [4.78, 5) is 27.2. The molecular formula is C19H22N4O3. The highest BCUT2D eigenvalue weighted by Gasteiger charge is 2.31. The summed E-state index contributed by atoms with van der Waals surface area (Å²) in [6.45, 7) is 2.24. The van der Waals surface area contributed by atoms with E-state index in [0.29, 0.717) is 37.8 Å². The lowest BCUT2D eigenvalue weighted by Crippen LogP contribution is -2.48. The van der Waals surface area contributed by atoms with E-state index < -0.39 is 0 Å². The molecule has 0 N–H and O–H groups in total. The van der Waals surface area contributed by atoms with E-state index in [-0.39, 0.29) is 5.91 Å². The van der Waals surface area contributed by atoms with Crippen LogP contribution in [0.1, 0.15) is 34.9 Å². The average molecular weight is 354 g/mol. The molecule has 2 aliphatic rings. The van der Waals surface area contributed by atoms with Gasteiger partial charge < -0.3 is 14.5 Å². The number of piperazine rings is 1. The van der Waals surface area contributed by atoms with Crippen LogP contribution >= 0.6 is 0 Å². The van der Waals surface area contributed by atoms with Gasteiger partial charge in [-0.2, -0.15) is 5.10 Å². The highest BCUT2D eigenvalue weighted by molar-refractivity contribution is 5.92. The maximum atomic E-state index is 12.9. The first-order valence-corrected chi connectivity index (χ1v) is 8.92. The third-order valence-corrected chi connectivity index (χ3v) is 5.02. The molecule has 2 aromatic rings. The first-order valence-electron chi connectivity index (χ1n) is 8.92. The molecule has 0 radical (unpaired) electrons. The number of amides is 2. The fourth-order valence-corrected chi connectivity index (χ4v) is 3.29. The van der Waals surface area contributed by atoms with Crippen LogP contribution in [0, 0.1) is 0 Å². The zero-order valence-corrected chi connectivity index (χ0v) is 14.8. The van der Waals surface area contributed by atoms with Crippen molar-refractivity contribution in [1.82, 2.24) is 19.6 Å². The molecular weight excluding hydrogens is 332 g/mol. The summed E-state index contributed by atoms with van der Waals surface area (Å²) in [6.07, 6.45) is 3.10. The minimum atomic E-state index is -0.0651. The molecule has 1 aliphatic heterocycles. The van der Waals surface area contributed by atoms with Gasteiger partial charge in [0.05, 0.1) is 12.8 Å². The summed E-state index contributed by atoms with van der Waals surface area (Å²) in [5, 5.41) is 4.61. The summed E-state index contributed by atoms with van der Waals surface area (Å²) < 4.78 is 7.10. The van der Waals surface area contributed by atoms with Crippen molar-refractivity contribution < 1.29 is 14.3 Å². The summed E-state index contributed by atoms with van der Waals surface area (Å²) in [5.41, 5.74) is 2.49. The number of benzene rings is 1. The van der Waals surface area contributed by atoms with Crippen LogP contribution < -0.4 is 4.74 Å². The number of nitrogens with zero attached hydrogens (tertiary/aromatic N) is 4. The Bertz CT molecular complexity index is 803. The maximum Gasteiger partial charge on any atom is 0.274 e. The molecule has 2 heterocycles. The average Bonchev–Trinajstić information content (AvgIpc) is 3.46. The van der Waals surface area contributed by atoms with E-state index in [1.807, 2.05) is 35.0 Å². The van der Waals surface area contributed by atoms with Crippen molar-refractivity contribution in [1.29, 1.82) is 0 Å². The number of aromatic nitrogens is 2. The third kappa shape index (κ3) is 3.16. The maximum absolute atomic E-state index is 12.9. The number of rotatable bonds is 5. The van der Waals surface area contributed by atoms with Crippen LogP contribution in [0.3, 0.4) is 0 Å². The van der Waals surface area contributed by atoms with Gasteiger partial charge in [-0.05, 0) is 43.2 Å². The van der Waals surface area contributed by atoms with Gasteiger partial charge in [0.15, 0.2) is 5.69 Å². The molecule has 2 fully saturated rings. The molecule has 136 valence electrons. The molecule has 0 spiro atoms. The molecule has 26 heavy (non-hydrogen) atoms. The second-order valence-corrected chi connectivity index (χ2v) is 6.77. The van der Waals surface area contributed by atoms with Gasteiger partial charge in [-0.25, -0.2) is 4.68 Å². The predicted molar refractivity (Wildman–Crippen MR) is 95.6 cm³/mol. The predicted octanol–water partition coefficient (Wildman–Crippen LogP) is 1.67. The van der Waals surface area contributed by atoms with E-state index >= 15 is 0 Å². The fraction of sp³-hybridized carbons (Fsp3) is 0.421. The molecule has 1 aromatic carbocycles. The lowest BCUT2D eigenvalue weighted by atomic mass is 10.2. The molecule has 0 unspecified atom stereocenters. The molecule has 0 atom stereocenters. The normalized spacial score (nSPS) is 17.3. The van der Waals surface area contributed by atoms with E-state index in [2.05, 4.69) is 5.10 Å². The van der Waals surface area contributed by atoms with E-state index in [1.54, 1.807) is 16.9 Å². The van der Waals surface area contributed by atoms with E-state index in [1.165, 1.54) is 0 Å². The van der Waals surface area contributed by atoms with Gasteiger partial charge >= 0.3 is 0 Å². The SMILES string of the molecule is COc1ccc(-n2nc(C(=O)N3CCN(C=O)CC3)cc2C2CC2)cc1. The Labute approximate surface area is 152 Å². The van der Waals surface area contributed by atoms with E-state index in [9.17, 15) is 9.59 Å². The number of carbonyl (C=O) groups excluding carboxylic acids is 2. The van der Waals surface area contributed by atoms with Crippen LogP contribution in [0.2, 0.25) is 0 Å². The highest BCUT2D eigenvalue weighted by atomic mass is 16.5. The molecule has 7 heteroatoms. The summed E-state index contributed by atoms with van der Waals surface area (Å²) in [5.74, 6) is 1.20. The van der Waals surface area contributed by atoms with Crippen molar-refractivity contribution >= 4 is 12.3 Å². The van der Waals surface area contributed by atoms with Gasteiger partial charge in [-0.3, -0.25) is 9.59 Å². The molecule has 2 amide bonds. The molecule has 7 nitrogen and oxygen atoms in total. The smallest absolute Gasteiger partial charge is 0.274 e. The van der Waals surface area contributed by atoms with Crippen molar-refractivity contribution in [3.63, 3.8) is 0 Å². The Hall–Kier alpha value is -2.83.